The Labute approximate surface area is 169 Å². The maximum atomic E-state index is 12.4. The minimum absolute atomic E-state index is 0.0683. The van der Waals surface area contributed by atoms with E-state index in [9.17, 15) is 13.6 Å². The maximum absolute atomic E-state index is 12.4. The molecule has 2 aromatic rings. The van der Waals surface area contributed by atoms with Crippen LogP contribution in [0.2, 0.25) is 0 Å². The molecule has 0 radical (unpaired) electrons. The summed E-state index contributed by atoms with van der Waals surface area (Å²) in [6.45, 7) is 3.48. The van der Waals surface area contributed by atoms with Crippen molar-refractivity contribution in [1.29, 1.82) is 0 Å². The van der Waals surface area contributed by atoms with Crippen molar-refractivity contribution in [3.63, 3.8) is 0 Å². The van der Waals surface area contributed by atoms with E-state index in [-0.39, 0.29) is 30.8 Å². The molecule has 7 nitrogen and oxygen atoms in total. The Morgan fingerprint density at radius 2 is 2.14 bits per heavy atom. The molecule has 1 aliphatic heterocycles. The van der Waals surface area contributed by atoms with E-state index >= 15 is 0 Å². The van der Waals surface area contributed by atoms with E-state index in [1.54, 1.807) is 12.4 Å². The lowest BCUT2D eigenvalue weighted by Gasteiger charge is -2.38. The van der Waals surface area contributed by atoms with Gasteiger partial charge in [0.05, 0.1) is 5.39 Å². The van der Waals surface area contributed by atoms with Crippen LogP contribution in [-0.4, -0.2) is 63.9 Å². The van der Waals surface area contributed by atoms with Crippen LogP contribution >= 0.6 is 0 Å². The number of anilines is 1. The zero-order chi connectivity index (χ0) is 20.9. The third-order valence-corrected chi connectivity index (χ3v) is 5.07. The Bertz CT molecular complexity index is 846. The molecule has 2 unspecified atom stereocenters. The molecule has 0 spiro atoms. The number of likely N-dealkylation sites (N-methyl/N-ethyl adjacent to an activating group) is 1. The number of hydrogen-bond acceptors (Lipinski definition) is 5. The Morgan fingerprint density at radius 3 is 2.83 bits per heavy atom. The zero-order valence-electron chi connectivity index (χ0n) is 16.8. The average molecular weight is 406 g/mol. The van der Waals surface area contributed by atoms with Gasteiger partial charge in [0, 0.05) is 50.3 Å². The third-order valence-electron chi connectivity index (χ3n) is 5.07. The molecule has 29 heavy (non-hydrogen) atoms. The normalized spacial score (nSPS) is 23.0. The number of aromatic amines is 1. The first kappa shape index (κ1) is 21.2. The number of hydrogen-bond donors (Lipinski definition) is 3. The molecule has 158 valence electrons. The first-order valence-electron chi connectivity index (χ1n) is 9.94. The lowest BCUT2D eigenvalue weighted by atomic mass is 9.99. The minimum atomic E-state index is -2.25. The number of nitrogens with one attached hydrogen (secondary N) is 3. The summed E-state index contributed by atoms with van der Waals surface area (Å²) in [5.74, 6) is -1.36. The maximum Gasteiger partial charge on any atom is 0.248 e. The molecule has 1 saturated heterocycles. The highest BCUT2D eigenvalue weighted by atomic mass is 19.3. The number of halogens is 2. The SMILES string of the molecule is CNC/C=C/C(=O)N1CC(Nc2ncnc3[nH]ccc23)CCC1C.FC1(F)CC1. The molecule has 3 N–H and O–H groups in total. The molecule has 9 heteroatoms. The number of piperidine rings is 1. The lowest BCUT2D eigenvalue weighted by Crippen LogP contribution is -2.49. The fraction of sp³-hybridized carbons (Fsp3) is 0.550. The summed E-state index contributed by atoms with van der Waals surface area (Å²) >= 11 is 0. The van der Waals surface area contributed by atoms with Crippen LogP contribution < -0.4 is 10.6 Å². The van der Waals surface area contributed by atoms with E-state index in [4.69, 9.17) is 0 Å². The predicted octanol–water partition coefficient (Wildman–Crippen LogP) is 2.94. The van der Waals surface area contributed by atoms with Crippen molar-refractivity contribution in [3.05, 3.63) is 30.7 Å². The van der Waals surface area contributed by atoms with Gasteiger partial charge in [0.1, 0.15) is 17.8 Å². The zero-order valence-corrected chi connectivity index (χ0v) is 16.8. The van der Waals surface area contributed by atoms with Crippen LogP contribution in [-0.2, 0) is 4.79 Å². The van der Waals surface area contributed by atoms with Gasteiger partial charge in [0.25, 0.3) is 0 Å². The fourth-order valence-electron chi connectivity index (χ4n) is 3.18. The summed E-state index contributed by atoms with van der Waals surface area (Å²) in [6.07, 6.45) is 9.15. The predicted molar refractivity (Wildman–Crippen MR) is 109 cm³/mol. The monoisotopic (exact) mass is 406 g/mol. The van der Waals surface area contributed by atoms with Gasteiger partial charge in [-0.3, -0.25) is 4.79 Å². The van der Waals surface area contributed by atoms with Gasteiger partial charge in [-0.05, 0) is 32.9 Å². The molecule has 2 atom stereocenters. The highest BCUT2D eigenvalue weighted by Gasteiger charge is 2.43. The second kappa shape index (κ2) is 9.30. The van der Waals surface area contributed by atoms with Crippen molar-refractivity contribution in [2.75, 3.05) is 25.5 Å². The van der Waals surface area contributed by atoms with Gasteiger partial charge in [-0.1, -0.05) is 6.08 Å². The van der Waals surface area contributed by atoms with Gasteiger partial charge in [-0.25, -0.2) is 18.7 Å². The Hall–Kier alpha value is -2.55. The fourth-order valence-corrected chi connectivity index (χ4v) is 3.18. The molecule has 2 fully saturated rings. The summed E-state index contributed by atoms with van der Waals surface area (Å²) in [5.41, 5.74) is 0.819. The number of nitrogens with zero attached hydrogens (tertiary/aromatic N) is 3. The van der Waals surface area contributed by atoms with Crippen LogP contribution in [0.3, 0.4) is 0 Å². The average Bonchev–Trinajstić information content (AvgIpc) is 3.18. The summed E-state index contributed by atoms with van der Waals surface area (Å²) < 4.78 is 22.3. The van der Waals surface area contributed by atoms with Gasteiger partial charge in [-0.15, -0.1) is 0 Å². The topological polar surface area (TPSA) is 85.9 Å². The van der Waals surface area contributed by atoms with Crippen LogP contribution in [0.25, 0.3) is 11.0 Å². The van der Waals surface area contributed by atoms with Crippen molar-refractivity contribution in [3.8, 4) is 0 Å². The highest BCUT2D eigenvalue weighted by molar-refractivity contribution is 5.88. The van der Waals surface area contributed by atoms with Crippen LogP contribution in [0.5, 0.6) is 0 Å². The molecule has 1 saturated carbocycles. The third kappa shape index (κ3) is 5.96. The number of carbonyl (C=O) groups is 1. The van der Waals surface area contributed by atoms with Gasteiger partial charge in [0.15, 0.2) is 0 Å². The summed E-state index contributed by atoms with van der Waals surface area (Å²) in [6, 6.07) is 2.41. The smallest absolute Gasteiger partial charge is 0.248 e. The molecular weight excluding hydrogens is 378 g/mol. The van der Waals surface area contributed by atoms with Gasteiger partial charge in [-0.2, -0.15) is 0 Å². The first-order chi connectivity index (χ1) is 13.9. The van der Waals surface area contributed by atoms with E-state index in [0.29, 0.717) is 13.1 Å². The van der Waals surface area contributed by atoms with Crippen molar-refractivity contribution in [2.45, 2.75) is 50.6 Å². The Kier molecular flexibility index (Phi) is 6.79. The van der Waals surface area contributed by atoms with Crippen molar-refractivity contribution >= 4 is 22.8 Å². The first-order valence-corrected chi connectivity index (χ1v) is 9.94. The number of H-pyrrole nitrogens is 1. The Balaban J connectivity index is 0.000000419. The second-order valence-corrected chi connectivity index (χ2v) is 7.54. The molecular formula is C20H28F2N6O. The number of aromatic nitrogens is 3. The van der Waals surface area contributed by atoms with Gasteiger partial charge >= 0.3 is 0 Å². The molecule has 1 amide bonds. The summed E-state index contributed by atoms with van der Waals surface area (Å²) in [4.78, 5) is 26.0. The number of likely N-dealkylation sites (tertiary alicyclic amines) is 1. The molecule has 2 aromatic heterocycles. The molecule has 1 aliphatic carbocycles. The van der Waals surface area contributed by atoms with Crippen molar-refractivity contribution in [1.82, 2.24) is 25.2 Å². The number of amides is 1. The lowest BCUT2D eigenvalue weighted by molar-refractivity contribution is -0.129. The van der Waals surface area contributed by atoms with Crippen LogP contribution in [0.15, 0.2) is 30.7 Å². The number of fused-ring (bicyclic) bond motifs is 1. The van der Waals surface area contributed by atoms with E-state index < -0.39 is 5.92 Å². The molecule has 3 heterocycles. The summed E-state index contributed by atoms with van der Waals surface area (Å²) in [5, 5.41) is 7.46. The van der Waals surface area contributed by atoms with Crippen LogP contribution in [0, 0.1) is 0 Å². The molecule has 4 rings (SSSR count). The van der Waals surface area contributed by atoms with Crippen molar-refractivity contribution < 1.29 is 13.6 Å². The second-order valence-electron chi connectivity index (χ2n) is 7.54. The summed E-state index contributed by atoms with van der Waals surface area (Å²) in [7, 11) is 1.86. The van der Waals surface area contributed by atoms with E-state index in [1.807, 2.05) is 30.3 Å². The number of carbonyl (C=O) groups excluding carboxylic acids is 1. The quantitative estimate of drug-likeness (QED) is 0.665. The van der Waals surface area contributed by atoms with Gasteiger partial charge in [0.2, 0.25) is 11.8 Å². The molecule has 0 bridgehead atoms. The molecule has 2 aliphatic rings. The van der Waals surface area contributed by atoms with Gasteiger partial charge < -0.3 is 20.5 Å². The van der Waals surface area contributed by atoms with E-state index in [2.05, 4.69) is 32.5 Å². The van der Waals surface area contributed by atoms with E-state index in [0.717, 1.165) is 29.7 Å². The van der Waals surface area contributed by atoms with E-state index in [1.165, 1.54) is 0 Å². The number of rotatable bonds is 5. The van der Waals surface area contributed by atoms with Crippen molar-refractivity contribution in [2.24, 2.45) is 0 Å². The Morgan fingerprint density at radius 1 is 1.38 bits per heavy atom. The number of alkyl halides is 2. The van der Waals surface area contributed by atoms with Crippen LogP contribution in [0.1, 0.15) is 32.6 Å². The minimum Gasteiger partial charge on any atom is -0.365 e. The molecule has 0 aromatic carbocycles. The van der Waals surface area contributed by atoms with Crippen LogP contribution in [0.4, 0.5) is 14.6 Å². The largest absolute Gasteiger partial charge is 0.365 e. The highest BCUT2D eigenvalue weighted by Crippen LogP contribution is 2.40. The standard InChI is InChI=1S/C17H24N6O.C3H4F2/c1-12-5-6-13(10-23(12)15(24)4-3-8-18-2)22-17-14-7-9-19-16(14)20-11-21-17;4-3(5)1-2-3/h3-4,7,9,11-13,18H,5-6,8,10H2,1-2H3,(H2,19,20,21,22);1-2H2/b4-3+;.